The van der Waals surface area contributed by atoms with Gasteiger partial charge in [-0.1, -0.05) is 13.0 Å². The summed E-state index contributed by atoms with van der Waals surface area (Å²) >= 11 is 0. The second kappa shape index (κ2) is 4.96. The first-order valence-electron chi connectivity index (χ1n) is 6.24. The molecule has 0 spiro atoms. The molecule has 0 bridgehead atoms. The molecule has 0 radical (unpaired) electrons. The molecule has 1 aliphatic rings. The van der Waals surface area contributed by atoms with Crippen LogP contribution in [-0.2, 0) is 5.54 Å². The van der Waals surface area contributed by atoms with Crippen LogP contribution >= 0.6 is 0 Å². The molecule has 1 unspecified atom stereocenters. The minimum Gasteiger partial charge on any atom is -0.496 e. The van der Waals surface area contributed by atoms with Crippen molar-refractivity contribution in [1.29, 1.82) is 0 Å². The van der Waals surface area contributed by atoms with Gasteiger partial charge >= 0.3 is 0 Å². The second-order valence-corrected chi connectivity index (χ2v) is 4.50. The largest absolute Gasteiger partial charge is 0.496 e. The average Bonchev–Trinajstić information content (AvgIpc) is 2.87. The standard InChI is InChI=1S/C14H21NO2/c1-4-14(9-6-10-15-14)13-11(16-2)7-5-8-12(13)17-3/h5,7-8,15H,4,6,9-10H2,1-3H3. The summed E-state index contributed by atoms with van der Waals surface area (Å²) in [6, 6.07) is 5.99. The van der Waals surface area contributed by atoms with Crippen molar-refractivity contribution in [2.24, 2.45) is 0 Å². The molecule has 1 saturated heterocycles. The van der Waals surface area contributed by atoms with E-state index in [1.807, 2.05) is 18.2 Å². The van der Waals surface area contributed by atoms with Crippen LogP contribution < -0.4 is 14.8 Å². The molecule has 1 aromatic carbocycles. The van der Waals surface area contributed by atoms with Crippen LogP contribution in [0.3, 0.4) is 0 Å². The van der Waals surface area contributed by atoms with Crippen molar-refractivity contribution < 1.29 is 9.47 Å². The number of nitrogens with one attached hydrogen (secondary N) is 1. The Balaban J connectivity index is 2.54. The number of hydrogen-bond acceptors (Lipinski definition) is 3. The van der Waals surface area contributed by atoms with E-state index in [9.17, 15) is 0 Å². The highest BCUT2D eigenvalue weighted by Gasteiger charge is 2.38. The van der Waals surface area contributed by atoms with E-state index in [-0.39, 0.29) is 5.54 Å². The lowest BCUT2D eigenvalue weighted by Crippen LogP contribution is -2.36. The summed E-state index contributed by atoms with van der Waals surface area (Å²) in [5.74, 6) is 1.83. The molecule has 1 aromatic rings. The SMILES string of the molecule is CCC1(c2c(OC)cccc2OC)CCCN1. The van der Waals surface area contributed by atoms with Gasteiger partial charge in [-0.15, -0.1) is 0 Å². The summed E-state index contributed by atoms with van der Waals surface area (Å²) in [6.07, 6.45) is 3.39. The van der Waals surface area contributed by atoms with E-state index in [4.69, 9.17) is 9.47 Å². The van der Waals surface area contributed by atoms with Crippen LogP contribution in [0.1, 0.15) is 31.7 Å². The molecule has 0 saturated carbocycles. The third-order valence-electron chi connectivity index (χ3n) is 3.75. The van der Waals surface area contributed by atoms with Crippen molar-refractivity contribution in [3.05, 3.63) is 23.8 Å². The van der Waals surface area contributed by atoms with E-state index < -0.39 is 0 Å². The van der Waals surface area contributed by atoms with E-state index in [0.29, 0.717) is 0 Å². The predicted octanol–water partition coefficient (Wildman–Crippen LogP) is 2.69. The van der Waals surface area contributed by atoms with Gasteiger partial charge in [0, 0.05) is 0 Å². The van der Waals surface area contributed by atoms with Crippen molar-refractivity contribution >= 4 is 0 Å². The number of ether oxygens (including phenoxy) is 2. The lowest BCUT2D eigenvalue weighted by atomic mass is 9.84. The van der Waals surface area contributed by atoms with Gasteiger partial charge in [0.1, 0.15) is 11.5 Å². The van der Waals surface area contributed by atoms with E-state index in [1.165, 1.54) is 12.0 Å². The third-order valence-corrected chi connectivity index (χ3v) is 3.75. The van der Waals surface area contributed by atoms with Gasteiger partial charge in [-0.2, -0.15) is 0 Å². The Hall–Kier alpha value is -1.22. The smallest absolute Gasteiger partial charge is 0.127 e. The van der Waals surface area contributed by atoms with E-state index >= 15 is 0 Å². The highest BCUT2D eigenvalue weighted by Crippen LogP contribution is 2.44. The molecule has 17 heavy (non-hydrogen) atoms. The summed E-state index contributed by atoms with van der Waals surface area (Å²) in [5, 5.41) is 3.63. The van der Waals surface area contributed by atoms with Gasteiger partial charge in [0.15, 0.2) is 0 Å². The normalized spacial score (nSPS) is 23.7. The lowest BCUT2D eigenvalue weighted by molar-refractivity contribution is 0.317. The number of methoxy groups -OCH3 is 2. The zero-order valence-electron chi connectivity index (χ0n) is 10.9. The lowest BCUT2D eigenvalue weighted by Gasteiger charge is -2.31. The van der Waals surface area contributed by atoms with Gasteiger partial charge in [-0.25, -0.2) is 0 Å². The molecule has 0 aliphatic carbocycles. The number of hydrogen-bond donors (Lipinski definition) is 1. The molecule has 1 N–H and O–H groups in total. The van der Waals surface area contributed by atoms with Gasteiger partial charge in [0.05, 0.1) is 25.3 Å². The minimum atomic E-state index is 0.0119. The van der Waals surface area contributed by atoms with E-state index in [2.05, 4.69) is 12.2 Å². The van der Waals surface area contributed by atoms with Crippen LogP contribution in [-0.4, -0.2) is 20.8 Å². The highest BCUT2D eigenvalue weighted by molar-refractivity contribution is 5.50. The van der Waals surface area contributed by atoms with Crippen molar-refractivity contribution in [2.45, 2.75) is 31.7 Å². The van der Waals surface area contributed by atoms with Crippen LogP contribution in [0.25, 0.3) is 0 Å². The average molecular weight is 235 g/mol. The summed E-state index contributed by atoms with van der Waals surface area (Å²) < 4.78 is 11.0. The van der Waals surface area contributed by atoms with Crippen molar-refractivity contribution in [3.8, 4) is 11.5 Å². The first-order chi connectivity index (χ1) is 8.27. The van der Waals surface area contributed by atoms with Crippen molar-refractivity contribution in [1.82, 2.24) is 5.32 Å². The molecule has 2 rings (SSSR count). The highest BCUT2D eigenvalue weighted by atomic mass is 16.5. The zero-order chi connectivity index (χ0) is 12.3. The zero-order valence-corrected chi connectivity index (χ0v) is 10.9. The number of rotatable bonds is 4. The van der Waals surface area contributed by atoms with Crippen molar-refractivity contribution in [2.75, 3.05) is 20.8 Å². The molecule has 0 aromatic heterocycles. The van der Waals surface area contributed by atoms with Crippen LogP contribution in [0.4, 0.5) is 0 Å². The molecule has 1 fully saturated rings. The molecular weight excluding hydrogens is 214 g/mol. The minimum absolute atomic E-state index is 0.0119. The van der Waals surface area contributed by atoms with Crippen LogP contribution in [0.15, 0.2) is 18.2 Å². The molecule has 0 amide bonds. The van der Waals surface area contributed by atoms with Gasteiger partial charge in [0.2, 0.25) is 0 Å². The van der Waals surface area contributed by atoms with Gasteiger partial charge in [-0.3, -0.25) is 0 Å². The second-order valence-electron chi connectivity index (χ2n) is 4.50. The molecular formula is C14H21NO2. The van der Waals surface area contributed by atoms with E-state index in [1.54, 1.807) is 14.2 Å². The maximum absolute atomic E-state index is 5.51. The maximum atomic E-state index is 5.51. The molecule has 1 atom stereocenters. The number of benzene rings is 1. The summed E-state index contributed by atoms with van der Waals surface area (Å²) in [4.78, 5) is 0. The fourth-order valence-corrected chi connectivity index (χ4v) is 2.82. The summed E-state index contributed by atoms with van der Waals surface area (Å²) in [7, 11) is 3.44. The molecule has 94 valence electrons. The Morgan fingerprint density at radius 2 is 1.88 bits per heavy atom. The molecule has 3 heteroatoms. The fraction of sp³-hybridized carbons (Fsp3) is 0.571. The van der Waals surface area contributed by atoms with Crippen LogP contribution in [0.2, 0.25) is 0 Å². The monoisotopic (exact) mass is 235 g/mol. The Bertz CT molecular complexity index is 362. The quantitative estimate of drug-likeness (QED) is 0.870. The maximum Gasteiger partial charge on any atom is 0.127 e. The topological polar surface area (TPSA) is 30.5 Å². The Labute approximate surface area is 103 Å². The first-order valence-corrected chi connectivity index (χ1v) is 6.24. The molecule has 3 nitrogen and oxygen atoms in total. The van der Waals surface area contributed by atoms with Crippen molar-refractivity contribution in [3.63, 3.8) is 0 Å². The Morgan fingerprint density at radius 1 is 1.24 bits per heavy atom. The summed E-state index contributed by atoms with van der Waals surface area (Å²) in [5.41, 5.74) is 1.18. The van der Waals surface area contributed by atoms with E-state index in [0.717, 1.165) is 30.9 Å². The third kappa shape index (κ3) is 2.00. The Kier molecular flexibility index (Phi) is 3.57. The van der Waals surface area contributed by atoms with Gasteiger partial charge in [-0.05, 0) is 37.9 Å². The summed E-state index contributed by atoms with van der Waals surface area (Å²) in [6.45, 7) is 3.28. The Morgan fingerprint density at radius 3 is 2.29 bits per heavy atom. The van der Waals surface area contributed by atoms with Crippen LogP contribution in [0, 0.1) is 0 Å². The fourth-order valence-electron chi connectivity index (χ4n) is 2.82. The van der Waals surface area contributed by atoms with Gasteiger partial charge < -0.3 is 14.8 Å². The van der Waals surface area contributed by atoms with Gasteiger partial charge in [0.25, 0.3) is 0 Å². The first kappa shape index (κ1) is 12.2. The predicted molar refractivity (Wildman–Crippen MR) is 68.8 cm³/mol. The molecule has 1 heterocycles. The molecule has 1 aliphatic heterocycles. The van der Waals surface area contributed by atoms with Crippen LogP contribution in [0.5, 0.6) is 11.5 Å².